The number of ether oxygens (including phenoxy) is 1. The van der Waals surface area contributed by atoms with Crippen LogP contribution in [-0.2, 0) is 6.42 Å². The quantitative estimate of drug-likeness (QED) is 0.679. The maximum absolute atomic E-state index is 5.74. The molecule has 0 spiro atoms. The lowest BCUT2D eigenvalue weighted by molar-refractivity contribution is 0.297. The Morgan fingerprint density at radius 1 is 1.05 bits per heavy atom. The summed E-state index contributed by atoms with van der Waals surface area (Å²) in [7, 11) is 0. The second-order valence-electron chi connectivity index (χ2n) is 5.89. The standard InChI is InChI=1S/C17H29NO/c1-14(2)6-5-13-19-17-9-7-16(8-10-17)11-12-18-15(3)4/h7-10,14-15,18H,5-6,11-13H2,1-4H3. The van der Waals surface area contributed by atoms with Gasteiger partial charge in [0.2, 0.25) is 0 Å². The van der Waals surface area contributed by atoms with E-state index in [1.54, 1.807) is 0 Å². The summed E-state index contributed by atoms with van der Waals surface area (Å²) in [5.41, 5.74) is 1.36. The first-order chi connectivity index (χ1) is 9.08. The van der Waals surface area contributed by atoms with Crippen LogP contribution in [0.5, 0.6) is 5.75 Å². The molecule has 0 bridgehead atoms. The molecule has 0 aliphatic heterocycles. The molecule has 0 radical (unpaired) electrons. The van der Waals surface area contributed by atoms with E-state index in [1.165, 1.54) is 12.0 Å². The second-order valence-corrected chi connectivity index (χ2v) is 5.89. The minimum Gasteiger partial charge on any atom is -0.494 e. The number of rotatable bonds is 9. The lowest BCUT2D eigenvalue weighted by Gasteiger charge is -2.10. The largest absolute Gasteiger partial charge is 0.494 e. The Hall–Kier alpha value is -1.02. The van der Waals surface area contributed by atoms with Gasteiger partial charge in [0.25, 0.3) is 0 Å². The van der Waals surface area contributed by atoms with E-state index in [4.69, 9.17) is 4.74 Å². The molecule has 0 unspecified atom stereocenters. The van der Waals surface area contributed by atoms with Crippen molar-refractivity contribution in [2.45, 2.75) is 53.0 Å². The molecule has 0 saturated carbocycles. The van der Waals surface area contributed by atoms with Gasteiger partial charge in [-0.2, -0.15) is 0 Å². The zero-order valence-corrected chi connectivity index (χ0v) is 12.9. The fraction of sp³-hybridized carbons (Fsp3) is 0.647. The van der Waals surface area contributed by atoms with Gasteiger partial charge in [-0.05, 0) is 49.4 Å². The molecule has 0 amide bonds. The molecule has 0 aliphatic carbocycles. The molecule has 0 heterocycles. The van der Waals surface area contributed by atoms with Crippen LogP contribution in [0.1, 0.15) is 46.1 Å². The van der Waals surface area contributed by atoms with E-state index >= 15 is 0 Å². The van der Waals surface area contributed by atoms with E-state index in [-0.39, 0.29) is 0 Å². The molecule has 1 rings (SSSR count). The van der Waals surface area contributed by atoms with E-state index in [9.17, 15) is 0 Å². The van der Waals surface area contributed by atoms with Gasteiger partial charge in [0.1, 0.15) is 5.75 Å². The normalized spacial score (nSPS) is 11.3. The molecule has 0 saturated heterocycles. The third-order valence-corrected chi connectivity index (χ3v) is 3.08. The van der Waals surface area contributed by atoms with Crippen LogP contribution in [0.2, 0.25) is 0 Å². The molecule has 1 N–H and O–H groups in total. The van der Waals surface area contributed by atoms with Crippen LogP contribution in [0.15, 0.2) is 24.3 Å². The van der Waals surface area contributed by atoms with Gasteiger partial charge in [0.15, 0.2) is 0 Å². The van der Waals surface area contributed by atoms with Crippen LogP contribution < -0.4 is 10.1 Å². The van der Waals surface area contributed by atoms with Gasteiger partial charge >= 0.3 is 0 Å². The van der Waals surface area contributed by atoms with Crippen molar-refractivity contribution in [2.24, 2.45) is 5.92 Å². The van der Waals surface area contributed by atoms with Crippen molar-refractivity contribution in [3.8, 4) is 5.75 Å². The van der Waals surface area contributed by atoms with Crippen LogP contribution in [0, 0.1) is 5.92 Å². The molecule has 0 aromatic heterocycles. The van der Waals surface area contributed by atoms with Crippen molar-refractivity contribution < 1.29 is 4.74 Å². The fourth-order valence-electron chi connectivity index (χ4n) is 1.94. The highest BCUT2D eigenvalue weighted by Gasteiger charge is 1.98. The van der Waals surface area contributed by atoms with Gasteiger partial charge in [-0.3, -0.25) is 0 Å². The van der Waals surface area contributed by atoms with Crippen molar-refractivity contribution in [1.82, 2.24) is 5.32 Å². The van der Waals surface area contributed by atoms with E-state index in [2.05, 4.69) is 57.3 Å². The van der Waals surface area contributed by atoms with Gasteiger partial charge in [-0.25, -0.2) is 0 Å². The van der Waals surface area contributed by atoms with E-state index in [0.29, 0.717) is 6.04 Å². The molecule has 2 nitrogen and oxygen atoms in total. The van der Waals surface area contributed by atoms with E-state index in [0.717, 1.165) is 37.7 Å². The first-order valence-corrected chi connectivity index (χ1v) is 7.53. The molecule has 108 valence electrons. The molecule has 0 fully saturated rings. The van der Waals surface area contributed by atoms with Crippen LogP contribution >= 0.6 is 0 Å². The Kier molecular flexibility index (Phi) is 7.57. The van der Waals surface area contributed by atoms with Gasteiger partial charge in [-0.15, -0.1) is 0 Å². The van der Waals surface area contributed by atoms with Crippen molar-refractivity contribution >= 4 is 0 Å². The average Bonchev–Trinajstić information content (AvgIpc) is 2.36. The average molecular weight is 263 g/mol. The first kappa shape index (κ1) is 16.0. The summed E-state index contributed by atoms with van der Waals surface area (Å²) in [6.07, 6.45) is 3.45. The van der Waals surface area contributed by atoms with Crippen LogP contribution in [0.4, 0.5) is 0 Å². The third kappa shape index (κ3) is 7.89. The topological polar surface area (TPSA) is 21.3 Å². The van der Waals surface area contributed by atoms with Crippen molar-refractivity contribution in [2.75, 3.05) is 13.2 Å². The zero-order chi connectivity index (χ0) is 14.1. The first-order valence-electron chi connectivity index (χ1n) is 7.53. The van der Waals surface area contributed by atoms with Crippen LogP contribution in [0.25, 0.3) is 0 Å². The predicted molar refractivity (Wildman–Crippen MR) is 82.9 cm³/mol. The Morgan fingerprint density at radius 2 is 1.74 bits per heavy atom. The summed E-state index contributed by atoms with van der Waals surface area (Å²) >= 11 is 0. The van der Waals surface area contributed by atoms with Gasteiger partial charge in [0, 0.05) is 6.04 Å². The lowest BCUT2D eigenvalue weighted by Crippen LogP contribution is -2.24. The summed E-state index contributed by atoms with van der Waals surface area (Å²) in [6, 6.07) is 9.06. The summed E-state index contributed by atoms with van der Waals surface area (Å²) in [5, 5.41) is 3.43. The predicted octanol–water partition coefficient (Wildman–Crippen LogP) is 4.04. The second kappa shape index (κ2) is 8.98. The summed E-state index contributed by atoms with van der Waals surface area (Å²) in [5.74, 6) is 1.75. The highest BCUT2D eigenvalue weighted by atomic mass is 16.5. The van der Waals surface area contributed by atoms with Gasteiger partial charge in [-0.1, -0.05) is 39.8 Å². The number of nitrogens with one attached hydrogen (secondary N) is 1. The number of benzene rings is 1. The number of hydrogen-bond donors (Lipinski definition) is 1. The molecular weight excluding hydrogens is 234 g/mol. The molecule has 1 aromatic carbocycles. The maximum Gasteiger partial charge on any atom is 0.119 e. The Balaban J connectivity index is 2.23. The van der Waals surface area contributed by atoms with Crippen LogP contribution in [-0.4, -0.2) is 19.2 Å². The van der Waals surface area contributed by atoms with Gasteiger partial charge < -0.3 is 10.1 Å². The highest BCUT2D eigenvalue weighted by molar-refractivity contribution is 5.27. The molecule has 2 heteroatoms. The summed E-state index contributed by atoms with van der Waals surface area (Å²) in [4.78, 5) is 0. The smallest absolute Gasteiger partial charge is 0.119 e. The minimum absolute atomic E-state index is 0.559. The molecule has 0 atom stereocenters. The SMILES string of the molecule is CC(C)CCCOc1ccc(CCNC(C)C)cc1. The van der Waals surface area contributed by atoms with Crippen molar-refractivity contribution in [1.29, 1.82) is 0 Å². The van der Waals surface area contributed by atoms with Gasteiger partial charge in [0.05, 0.1) is 6.61 Å². The lowest BCUT2D eigenvalue weighted by atomic mass is 10.1. The monoisotopic (exact) mass is 263 g/mol. The maximum atomic E-state index is 5.74. The highest BCUT2D eigenvalue weighted by Crippen LogP contribution is 2.13. The van der Waals surface area contributed by atoms with E-state index < -0.39 is 0 Å². The minimum atomic E-state index is 0.559. The Labute approximate surface area is 118 Å². The number of hydrogen-bond acceptors (Lipinski definition) is 2. The van der Waals surface area contributed by atoms with Crippen molar-refractivity contribution in [3.05, 3.63) is 29.8 Å². The molecule has 1 aromatic rings. The fourth-order valence-corrected chi connectivity index (χ4v) is 1.94. The van der Waals surface area contributed by atoms with Crippen LogP contribution in [0.3, 0.4) is 0 Å². The molecule has 0 aliphatic rings. The summed E-state index contributed by atoms with van der Waals surface area (Å²) < 4.78 is 5.74. The Bertz CT molecular complexity index is 330. The van der Waals surface area contributed by atoms with Crippen molar-refractivity contribution in [3.63, 3.8) is 0 Å². The third-order valence-electron chi connectivity index (χ3n) is 3.08. The molecule has 19 heavy (non-hydrogen) atoms. The van der Waals surface area contributed by atoms with E-state index in [1.807, 2.05) is 0 Å². The molecular formula is C17H29NO. The Morgan fingerprint density at radius 3 is 2.32 bits per heavy atom. The summed E-state index contributed by atoms with van der Waals surface area (Å²) in [6.45, 7) is 10.7. The zero-order valence-electron chi connectivity index (χ0n) is 12.9.